The number of nitrogens with zero attached hydrogens (tertiary/aromatic N) is 1. The van der Waals surface area contributed by atoms with Crippen molar-refractivity contribution in [3.63, 3.8) is 0 Å². The second-order valence-electron chi connectivity index (χ2n) is 4.10. The second kappa shape index (κ2) is 5.72. The van der Waals surface area contributed by atoms with Crippen molar-refractivity contribution in [3.05, 3.63) is 29.0 Å². The molecule has 1 aromatic rings. The molecule has 0 spiro atoms. The summed E-state index contributed by atoms with van der Waals surface area (Å²) in [6.45, 7) is 0.187. The molecule has 0 bridgehead atoms. The molecule has 19 heavy (non-hydrogen) atoms. The topological polar surface area (TPSA) is 66.8 Å². The van der Waals surface area contributed by atoms with Crippen LogP contribution in [0.1, 0.15) is 0 Å². The maximum absolute atomic E-state index is 13.1. The zero-order valence-corrected chi connectivity index (χ0v) is 11.5. The van der Waals surface area contributed by atoms with Crippen LogP contribution in [-0.4, -0.2) is 50.2 Å². The average molecular weight is 310 g/mol. The van der Waals surface area contributed by atoms with Crippen LogP contribution in [0.4, 0.5) is 4.39 Å². The van der Waals surface area contributed by atoms with Crippen LogP contribution in [0, 0.1) is 5.82 Å². The van der Waals surface area contributed by atoms with Gasteiger partial charge in [-0.3, -0.25) is 0 Å². The highest BCUT2D eigenvalue weighted by atomic mass is 35.5. The van der Waals surface area contributed by atoms with Gasteiger partial charge >= 0.3 is 0 Å². The standard InChI is InChI=1S/C11H13ClFNO4S/c12-10-5-9(1-2-11(10)13)19(16,17)14-3-4-18-7-8(14)6-15/h1-2,5,8,15H,3-4,6-7H2. The normalized spacial score (nSPS) is 21.5. The molecular formula is C11H13ClFNO4S. The zero-order chi connectivity index (χ0) is 14.0. The van der Waals surface area contributed by atoms with Gasteiger partial charge in [-0.15, -0.1) is 0 Å². The maximum Gasteiger partial charge on any atom is 0.243 e. The third-order valence-electron chi connectivity index (χ3n) is 2.88. The summed E-state index contributed by atoms with van der Waals surface area (Å²) in [6.07, 6.45) is 0. The molecule has 0 amide bonds. The van der Waals surface area contributed by atoms with E-state index in [9.17, 15) is 17.9 Å². The molecule has 0 aromatic heterocycles. The van der Waals surface area contributed by atoms with E-state index in [0.29, 0.717) is 0 Å². The van der Waals surface area contributed by atoms with E-state index >= 15 is 0 Å². The van der Waals surface area contributed by atoms with E-state index < -0.39 is 21.9 Å². The van der Waals surface area contributed by atoms with Gasteiger partial charge < -0.3 is 9.84 Å². The largest absolute Gasteiger partial charge is 0.395 e. The summed E-state index contributed by atoms with van der Waals surface area (Å²) >= 11 is 5.60. The van der Waals surface area contributed by atoms with Crippen molar-refractivity contribution < 1.29 is 22.7 Å². The summed E-state index contributed by atoms with van der Waals surface area (Å²) in [5, 5.41) is 8.94. The molecule has 1 aromatic carbocycles. The van der Waals surface area contributed by atoms with Crippen LogP contribution in [0.15, 0.2) is 23.1 Å². The van der Waals surface area contributed by atoms with Gasteiger partial charge in [-0.25, -0.2) is 12.8 Å². The Morgan fingerprint density at radius 1 is 1.53 bits per heavy atom. The van der Waals surface area contributed by atoms with Gasteiger partial charge in [0.1, 0.15) is 5.82 Å². The molecule has 1 unspecified atom stereocenters. The predicted octanol–water partition coefficient (Wildman–Crippen LogP) is 0.861. The Hall–Kier alpha value is -0.730. The Morgan fingerprint density at radius 3 is 2.89 bits per heavy atom. The Labute approximate surface area is 115 Å². The summed E-state index contributed by atoms with van der Waals surface area (Å²) in [5.41, 5.74) is 0. The van der Waals surface area contributed by atoms with E-state index in [4.69, 9.17) is 16.3 Å². The first-order valence-electron chi connectivity index (χ1n) is 5.62. The van der Waals surface area contributed by atoms with E-state index in [-0.39, 0.29) is 36.3 Å². The molecule has 5 nitrogen and oxygen atoms in total. The van der Waals surface area contributed by atoms with Crippen LogP contribution in [0.3, 0.4) is 0 Å². The summed E-state index contributed by atoms with van der Waals surface area (Å²) < 4.78 is 44.1. The number of ether oxygens (including phenoxy) is 1. The van der Waals surface area contributed by atoms with Gasteiger partial charge in [0.05, 0.1) is 35.8 Å². The number of benzene rings is 1. The highest BCUT2D eigenvalue weighted by Gasteiger charge is 2.33. The molecule has 1 saturated heterocycles. The number of rotatable bonds is 3. The molecule has 1 aliphatic heterocycles. The van der Waals surface area contributed by atoms with Gasteiger partial charge in [0, 0.05) is 6.54 Å². The van der Waals surface area contributed by atoms with Crippen LogP contribution >= 0.6 is 11.6 Å². The van der Waals surface area contributed by atoms with Crippen molar-refractivity contribution in [2.45, 2.75) is 10.9 Å². The first kappa shape index (κ1) is 14.7. The quantitative estimate of drug-likeness (QED) is 0.899. The average Bonchev–Trinajstić information content (AvgIpc) is 2.41. The highest BCUT2D eigenvalue weighted by molar-refractivity contribution is 7.89. The SMILES string of the molecule is O=S(=O)(c1ccc(F)c(Cl)c1)N1CCOCC1CO. The lowest BCUT2D eigenvalue weighted by atomic mass is 10.3. The van der Waals surface area contributed by atoms with Crippen molar-refractivity contribution in [1.29, 1.82) is 0 Å². The molecule has 0 aliphatic carbocycles. The highest BCUT2D eigenvalue weighted by Crippen LogP contribution is 2.24. The lowest BCUT2D eigenvalue weighted by Gasteiger charge is -2.33. The molecule has 1 atom stereocenters. The fourth-order valence-corrected chi connectivity index (χ4v) is 3.73. The molecule has 1 fully saturated rings. The third kappa shape index (κ3) is 2.90. The van der Waals surface area contributed by atoms with Crippen molar-refractivity contribution in [1.82, 2.24) is 4.31 Å². The Balaban J connectivity index is 2.37. The number of morpholine rings is 1. The number of hydrogen-bond donors (Lipinski definition) is 1. The Kier molecular flexibility index (Phi) is 4.42. The fourth-order valence-electron chi connectivity index (χ4n) is 1.87. The molecule has 1 heterocycles. The van der Waals surface area contributed by atoms with Crippen LogP contribution in [0.2, 0.25) is 5.02 Å². The van der Waals surface area contributed by atoms with Crippen LogP contribution in [0.25, 0.3) is 0 Å². The van der Waals surface area contributed by atoms with Gasteiger partial charge in [0.2, 0.25) is 10.0 Å². The minimum absolute atomic E-state index is 0.0979. The first-order valence-corrected chi connectivity index (χ1v) is 7.44. The molecule has 0 saturated carbocycles. The van der Waals surface area contributed by atoms with Gasteiger partial charge in [0.25, 0.3) is 0 Å². The van der Waals surface area contributed by atoms with E-state index in [1.54, 1.807) is 0 Å². The summed E-state index contributed by atoms with van der Waals surface area (Å²) in [4.78, 5) is -0.0979. The maximum atomic E-state index is 13.1. The number of halogens is 2. The van der Waals surface area contributed by atoms with E-state index in [1.807, 2.05) is 0 Å². The molecule has 8 heteroatoms. The van der Waals surface area contributed by atoms with Crippen LogP contribution in [-0.2, 0) is 14.8 Å². The zero-order valence-electron chi connectivity index (χ0n) is 9.92. The lowest BCUT2D eigenvalue weighted by molar-refractivity contribution is 0.0109. The van der Waals surface area contributed by atoms with Crippen molar-refractivity contribution in [3.8, 4) is 0 Å². The number of sulfonamides is 1. The van der Waals surface area contributed by atoms with Gasteiger partial charge in [-0.05, 0) is 18.2 Å². The third-order valence-corrected chi connectivity index (χ3v) is 5.12. The molecule has 2 rings (SSSR count). The number of hydrogen-bond acceptors (Lipinski definition) is 4. The molecule has 106 valence electrons. The van der Waals surface area contributed by atoms with Crippen LogP contribution < -0.4 is 0 Å². The Bertz CT molecular complexity index is 566. The molecular weight excluding hydrogens is 297 g/mol. The summed E-state index contributed by atoms with van der Waals surface area (Å²) in [7, 11) is -3.82. The monoisotopic (exact) mass is 309 g/mol. The van der Waals surface area contributed by atoms with Gasteiger partial charge in [0.15, 0.2) is 0 Å². The summed E-state index contributed by atoms with van der Waals surface area (Å²) in [5.74, 6) is -0.679. The predicted molar refractivity (Wildman–Crippen MR) is 67.0 cm³/mol. The number of aliphatic hydroxyl groups excluding tert-OH is 1. The fraction of sp³-hybridized carbons (Fsp3) is 0.455. The van der Waals surface area contributed by atoms with Gasteiger partial charge in [-0.2, -0.15) is 4.31 Å². The second-order valence-corrected chi connectivity index (χ2v) is 6.40. The van der Waals surface area contributed by atoms with Crippen molar-refractivity contribution in [2.75, 3.05) is 26.4 Å². The lowest BCUT2D eigenvalue weighted by Crippen LogP contribution is -2.50. The minimum atomic E-state index is -3.82. The first-order chi connectivity index (χ1) is 8.96. The molecule has 1 N–H and O–H groups in total. The number of aliphatic hydroxyl groups is 1. The molecule has 1 aliphatic rings. The van der Waals surface area contributed by atoms with Crippen molar-refractivity contribution in [2.24, 2.45) is 0 Å². The van der Waals surface area contributed by atoms with E-state index in [0.717, 1.165) is 22.5 Å². The van der Waals surface area contributed by atoms with Gasteiger partial charge in [-0.1, -0.05) is 11.6 Å². The molecule has 0 radical (unpaired) electrons. The minimum Gasteiger partial charge on any atom is -0.395 e. The van der Waals surface area contributed by atoms with Crippen LogP contribution in [0.5, 0.6) is 0 Å². The van der Waals surface area contributed by atoms with E-state index in [1.165, 1.54) is 0 Å². The van der Waals surface area contributed by atoms with Crippen molar-refractivity contribution >= 4 is 21.6 Å². The Morgan fingerprint density at radius 2 is 2.26 bits per heavy atom. The summed E-state index contributed by atoms with van der Waals surface area (Å²) in [6, 6.07) is 2.59. The van der Waals surface area contributed by atoms with E-state index in [2.05, 4.69) is 0 Å². The smallest absolute Gasteiger partial charge is 0.243 e.